The van der Waals surface area contributed by atoms with E-state index in [-0.39, 0.29) is 10.9 Å². The second-order valence-corrected chi connectivity index (χ2v) is 7.15. The summed E-state index contributed by atoms with van der Waals surface area (Å²) in [5.41, 5.74) is 0. The second kappa shape index (κ2) is 6.88. The fraction of sp³-hybridized carbons (Fsp3) is 0.467. The van der Waals surface area contributed by atoms with Crippen molar-refractivity contribution in [1.29, 1.82) is 0 Å². The number of aryl methyl sites for hydroxylation is 1. The van der Waals surface area contributed by atoms with E-state index in [0.717, 1.165) is 12.4 Å². The van der Waals surface area contributed by atoms with E-state index in [4.69, 9.17) is 9.47 Å². The highest BCUT2D eigenvalue weighted by Gasteiger charge is 2.36. The summed E-state index contributed by atoms with van der Waals surface area (Å²) in [4.78, 5) is 8.28. The van der Waals surface area contributed by atoms with Crippen LogP contribution in [-0.4, -0.2) is 42.7 Å². The number of aromatic nitrogens is 3. The molecule has 2 atom stereocenters. The van der Waals surface area contributed by atoms with Crippen LogP contribution in [0.25, 0.3) is 0 Å². The van der Waals surface area contributed by atoms with Gasteiger partial charge in [0.15, 0.2) is 0 Å². The van der Waals surface area contributed by atoms with E-state index in [9.17, 15) is 8.42 Å². The molecule has 0 unspecified atom stereocenters. The first-order valence-corrected chi connectivity index (χ1v) is 9.17. The molecule has 2 aromatic heterocycles. The number of nitrogens with one attached hydrogen (secondary N) is 1. The minimum absolute atomic E-state index is 0.0614. The van der Waals surface area contributed by atoms with Crippen molar-refractivity contribution in [3.63, 3.8) is 0 Å². The summed E-state index contributed by atoms with van der Waals surface area (Å²) in [7, 11) is -2.26. The monoisotopic (exact) mass is 352 g/mol. The van der Waals surface area contributed by atoms with Gasteiger partial charge in [0.25, 0.3) is 0 Å². The molecule has 8 nitrogen and oxygen atoms in total. The minimum Gasteiger partial charge on any atom is -0.495 e. The van der Waals surface area contributed by atoms with Gasteiger partial charge in [0.1, 0.15) is 22.6 Å². The van der Waals surface area contributed by atoms with Crippen LogP contribution in [-0.2, 0) is 21.3 Å². The van der Waals surface area contributed by atoms with Crippen LogP contribution in [0.2, 0.25) is 0 Å². The Morgan fingerprint density at radius 3 is 3.04 bits per heavy atom. The number of hydrogen-bond donors (Lipinski definition) is 1. The summed E-state index contributed by atoms with van der Waals surface area (Å²) in [5, 5.41) is 0. The first kappa shape index (κ1) is 16.9. The zero-order chi connectivity index (χ0) is 17.2. The van der Waals surface area contributed by atoms with E-state index >= 15 is 0 Å². The Balaban J connectivity index is 1.83. The van der Waals surface area contributed by atoms with Crippen molar-refractivity contribution in [2.24, 2.45) is 0 Å². The van der Waals surface area contributed by atoms with Crippen molar-refractivity contribution in [2.75, 3.05) is 13.7 Å². The molecule has 1 fully saturated rings. The average Bonchev–Trinajstić information content (AvgIpc) is 3.22. The van der Waals surface area contributed by atoms with Gasteiger partial charge in [0, 0.05) is 37.8 Å². The minimum atomic E-state index is -3.73. The van der Waals surface area contributed by atoms with E-state index in [1.807, 2.05) is 17.7 Å². The van der Waals surface area contributed by atoms with Crippen molar-refractivity contribution in [1.82, 2.24) is 19.3 Å². The van der Waals surface area contributed by atoms with Gasteiger partial charge in [0.2, 0.25) is 10.0 Å². The van der Waals surface area contributed by atoms with Crippen LogP contribution in [0.5, 0.6) is 5.75 Å². The Morgan fingerprint density at radius 1 is 1.46 bits per heavy atom. The summed E-state index contributed by atoms with van der Waals surface area (Å²) in [6.07, 6.45) is 6.47. The Hall–Kier alpha value is -1.97. The molecule has 0 saturated carbocycles. The largest absolute Gasteiger partial charge is 0.495 e. The van der Waals surface area contributed by atoms with Crippen LogP contribution in [0.15, 0.2) is 35.7 Å². The molecule has 0 bridgehead atoms. The van der Waals surface area contributed by atoms with Gasteiger partial charge in [-0.3, -0.25) is 4.98 Å². The predicted molar refractivity (Wildman–Crippen MR) is 86.1 cm³/mol. The lowest BCUT2D eigenvalue weighted by atomic mass is 10.1. The molecule has 0 aromatic carbocycles. The van der Waals surface area contributed by atoms with Gasteiger partial charge in [-0.05, 0) is 13.3 Å². The fourth-order valence-electron chi connectivity index (χ4n) is 2.73. The number of hydrogen-bond acceptors (Lipinski definition) is 6. The topological polar surface area (TPSA) is 95.3 Å². The quantitative estimate of drug-likeness (QED) is 0.837. The van der Waals surface area contributed by atoms with E-state index < -0.39 is 16.1 Å². The van der Waals surface area contributed by atoms with Crippen LogP contribution in [0.4, 0.5) is 0 Å². The maximum absolute atomic E-state index is 12.6. The molecule has 130 valence electrons. The molecule has 24 heavy (non-hydrogen) atoms. The van der Waals surface area contributed by atoms with Gasteiger partial charge >= 0.3 is 0 Å². The highest BCUT2D eigenvalue weighted by Crippen LogP contribution is 2.29. The molecule has 1 aliphatic heterocycles. The molecular formula is C15H20N4O4S. The van der Waals surface area contributed by atoms with Gasteiger partial charge in [-0.15, -0.1) is 0 Å². The fourth-order valence-corrected chi connectivity index (χ4v) is 3.98. The van der Waals surface area contributed by atoms with Crippen LogP contribution < -0.4 is 9.46 Å². The SMILES string of the molecule is CCn1ccnc1[C@@H]1OCC[C@H]1NS(=O)(=O)c1cncc(OC)c1. The smallest absolute Gasteiger partial charge is 0.242 e. The molecule has 0 radical (unpaired) electrons. The summed E-state index contributed by atoms with van der Waals surface area (Å²) in [6.45, 7) is 3.22. The third kappa shape index (κ3) is 3.28. The number of ether oxygens (including phenoxy) is 2. The van der Waals surface area contributed by atoms with Gasteiger partial charge in [-0.1, -0.05) is 0 Å². The van der Waals surface area contributed by atoms with Crippen LogP contribution in [0.3, 0.4) is 0 Å². The molecular weight excluding hydrogens is 332 g/mol. The molecule has 3 heterocycles. The molecule has 9 heteroatoms. The maximum Gasteiger partial charge on any atom is 0.242 e. The van der Waals surface area contributed by atoms with Gasteiger partial charge in [0.05, 0.1) is 19.3 Å². The van der Waals surface area contributed by atoms with Crippen LogP contribution in [0, 0.1) is 0 Å². The Morgan fingerprint density at radius 2 is 2.29 bits per heavy atom. The first-order chi connectivity index (χ1) is 11.5. The standard InChI is InChI=1S/C15H20N4O4S/c1-3-19-6-5-17-15(19)14-13(4-7-23-14)18-24(20,21)12-8-11(22-2)9-16-10-12/h5-6,8-10,13-14,18H,3-4,7H2,1-2H3/t13-,14-/m1/s1. The lowest BCUT2D eigenvalue weighted by Crippen LogP contribution is -2.37. The normalized spacial score (nSPS) is 21.1. The van der Waals surface area contributed by atoms with E-state index in [0.29, 0.717) is 18.8 Å². The lowest BCUT2D eigenvalue weighted by molar-refractivity contribution is 0.0925. The van der Waals surface area contributed by atoms with Gasteiger partial charge < -0.3 is 14.0 Å². The number of rotatable bonds is 6. The molecule has 0 aliphatic carbocycles. The average molecular weight is 352 g/mol. The number of imidazole rings is 1. The Bertz CT molecular complexity index is 805. The summed E-state index contributed by atoms with van der Waals surface area (Å²) in [5.74, 6) is 1.12. The van der Waals surface area contributed by atoms with Crippen molar-refractivity contribution >= 4 is 10.0 Å². The van der Waals surface area contributed by atoms with Crippen LogP contribution in [0.1, 0.15) is 25.3 Å². The highest BCUT2D eigenvalue weighted by atomic mass is 32.2. The Labute approximate surface area is 140 Å². The second-order valence-electron chi connectivity index (χ2n) is 5.44. The predicted octanol–water partition coefficient (Wildman–Crippen LogP) is 1.12. The molecule has 2 aromatic rings. The van der Waals surface area contributed by atoms with Gasteiger partial charge in [-0.2, -0.15) is 0 Å². The molecule has 0 amide bonds. The molecule has 1 N–H and O–H groups in total. The van der Waals surface area contributed by atoms with Crippen LogP contribution >= 0.6 is 0 Å². The molecule has 1 aliphatic rings. The van der Waals surface area contributed by atoms with Crippen molar-refractivity contribution in [3.05, 3.63) is 36.7 Å². The summed E-state index contributed by atoms with van der Waals surface area (Å²) >= 11 is 0. The van der Waals surface area contributed by atoms with E-state index in [1.54, 1.807) is 6.20 Å². The third-order valence-electron chi connectivity index (χ3n) is 3.98. The third-order valence-corrected chi connectivity index (χ3v) is 5.43. The van der Waals surface area contributed by atoms with E-state index in [2.05, 4.69) is 14.7 Å². The maximum atomic E-state index is 12.6. The first-order valence-electron chi connectivity index (χ1n) is 7.69. The molecule has 1 saturated heterocycles. The highest BCUT2D eigenvalue weighted by molar-refractivity contribution is 7.89. The van der Waals surface area contributed by atoms with E-state index in [1.165, 1.54) is 25.6 Å². The van der Waals surface area contributed by atoms with Gasteiger partial charge in [-0.25, -0.2) is 18.1 Å². The number of nitrogens with zero attached hydrogens (tertiary/aromatic N) is 3. The lowest BCUT2D eigenvalue weighted by Gasteiger charge is -2.20. The van der Waals surface area contributed by atoms with Crippen molar-refractivity contribution in [2.45, 2.75) is 36.9 Å². The number of sulfonamides is 1. The Kier molecular flexibility index (Phi) is 4.83. The van der Waals surface area contributed by atoms with Crippen molar-refractivity contribution < 1.29 is 17.9 Å². The van der Waals surface area contributed by atoms with Crippen molar-refractivity contribution in [3.8, 4) is 5.75 Å². The zero-order valence-corrected chi connectivity index (χ0v) is 14.4. The molecule has 3 rings (SSSR count). The summed E-state index contributed by atoms with van der Waals surface area (Å²) in [6, 6.07) is 1.06. The number of methoxy groups -OCH3 is 1. The summed E-state index contributed by atoms with van der Waals surface area (Å²) < 4.78 is 40.7. The number of pyridine rings is 1. The molecule has 0 spiro atoms. The zero-order valence-electron chi connectivity index (χ0n) is 13.5.